The normalized spacial score (nSPS) is 17.2. The van der Waals surface area contributed by atoms with Gasteiger partial charge in [-0.15, -0.1) is 11.3 Å². The van der Waals surface area contributed by atoms with Crippen LogP contribution in [0.3, 0.4) is 0 Å². The van der Waals surface area contributed by atoms with Gasteiger partial charge in [0, 0.05) is 44.3 Å². The van der Waals surface area contributed by atoms with Gasteiger partial charge < -0.3 is 10.2 Å². The van der Waals surface area contributed by atoms with E-state index in [0.29, 0.717) is 23.7 Å². The summed E-state index contributed by atoms with van der Waals surface area (Å²) in [6.07, 6.45) is 2.72. The average Bonchev–Trinajstić information content (AvgIpc) is 3.10. The minimum absolute atomic E-state index is 0.0114. The molecule has 7 heteroatoms. The fraction of sp³-hybridized carbons (Fsp3) is 0.421. The lowest BCUT2D eigenvalue weighted by molar-refractivity contribution is -0.118. The lowest BCUT2D eigenvalue weighted by Gasteiger charge is -2.32. The molecule has 1 atom stereocenters. The van der Waals surface area contributed by atoms with Gasteiger partial charge in [0.15, 0.2) is 0 Å². The average molecular weight is 392 g/mol. The highest BCUT2D eigenvalue weighted by molar-refractivity contribution is 7.09. The van der Waals surface area contributed by atoms with Crippen molar-refractivity contribution in [1.29, 1.82) is 0 Å². The van der Waals surface area contributed by atoms with Gasteiger partial charge in [0.2, 0.25) is 5.91 Å². The molecule has 2 amide bonds. The molecular formula is C19H22ClN3O2S. The Kier molecular flexibility index (Phi) is 6.27. The SMILES string of the molecule is CC(=O)NCCc1csc(C2CCCN(C(=O)c3ccccc3Cl)C2)n1. The number of piperidine rings is 1. The largest absolute Gasteiger partial charge is 0.356 e. The quantitative estimate of drug-likeness (QED) is 0.848. The Labute approximate surface area is 162 Å². The summed E-state index contributed by atoms with van der Waals surface area (Å²) in [7, 11) is 0. The highest BCUT2D eigenvalue weighted by Gasteiger charge is 2.28. The molecule has 1 unspecified atom stereocenters. The van der Waals surface area contributed by atoms with Crippen molar-refractivity contribution >= 4 is 34.8 Å². The van der Waals surface area contributed by atoms with E-state index in [9.17, 15) is 9.59 Å². The summed E-state index contributed by atoms with van der Waals surface area (Å²) in [5.74, 6) is 0.221. The minimum atomic E-state index is -0.0264. The van der Waals surface area contributed by atoms with E-state index in [2.05, 4.69) is 5.32 Å². The number of thiazole rings is 1. The number of carbonyl (C=O) groups is 2. The van der Waals surface area contributed by atoms with Gasteiger partial charge >= 0.3 is 0 Å². The monoisotopic (exact) mass is 391 g/mol. The molecule has 2 aromatic rings. The van der Waals surface area contributed by atoms with Crippen molar-refractivity contribution in [3.8, 4) is 0 Å². The number of halogens is 1. The summed E-state index contributed by atoms with van der Waals surface area (Å²) in [5.41, 5.74) is 1.55. The zero-order chi connectivity index (χ0) is 18.5. The molecule has 5 nitrogen and oxygen atoms in total. The van der Waals surface area contributed by atoms with Crippen LogP contribution in [-0.2, 0) is 11.2 Å². The van der Waals surface area contributed by atoms with E-state index in [1.807, 2.05) is 22.4 Å². The first-order valence-corrected chi connectivity index (χ1v) is 10.0. The van der Waals surface area contributed by atoms with Crippen LogP contribution in [0.25, 0.3) is 0 Å². The predicted molar refractivity (Wildman–Crippen MR) is 104 cm³/mol. The van der Waals surface area contributed by atoms with Crippen LogP contribution in [0, 0.1) is 0 Å². The zero-order valence-corrected chi connectivity index (χ0v) is 16.3. The van der Waals surface area contributed by atoms with Crippen LogP contribution in [0.1, 0.15) is 46.7 Å². The van der Waals surface area contributed by atoms with Crippen LogP contribution in [0.4, 0.5) is 0 Å². The van der Waals surface area contributed by atoms with Gasteiger partial charge in [0.05, 0.1) is 21.3 Å². The van der Waals surface area contributed by atoms with Gasteiger partial charge in [-0.2, -0.15) is 0 Å². The third-order valence-electron chi connectivity index (χ3n) is 4.49. The highest BCUT2D eigenvalue weighted by Crippen LogP contribution is 2.30. The van der Waals surface area contributed by atoms with Crippen LogP contribution in [-0.4, -0.2) is 41.3 Å². The Bertz CT molecular complexity index is 793. The van der Waals surface area contributed by atoms with Crippen molar-refractivity contribution in [2.75, 3.05) is 19.6 Å². The first-order valence-electron chi connectivity index (χ1n) is 8.77. The first kappa shape index (κ1) is 18.9. The van der Waals surface area contributed by atoms with Gasteiger partial charge in [-0.25, -0.2) is 4.98 Å². The number of aromatic nitrogens is 1. The van der Waals surface area contributed by atoms with Crippen molar-refractivity contribution < 1.29 is 9.59 Å². The second-order valence-electron chi connectivity index (χ2n) is 6.48. The maximum absolute atomic E-state index is 12.8. The molecule has 1 aromatic heterocycles. The molecule has 1 fully saturated rings. The highest BCUT2D eigenvalue weighted by atomic mass is 35.5. The maximum atomic E-state index is 12.8. The van der Waals surface area contributed by atoms with Crippen LogP contribution in [0.2, 0.25) is 5.02 Å². The Hall–Kier alpha value is -1.92. The van der Waals surface area contributed by atoms with E-state index in [4.69, 9.17) is 16.6 Å². The molecule has 0 spiro atoms. The van der Waals surface area contributed by atoms with Crippen molar-refractivity contribution in [2.24, 2.45) is 0 Å². The lowest BCUT2D eigenvalue weighted by Crippen LogP contribution is -2.39. The summed E-state index contributed by atoms with van der Waals surface area (Å²) in [4.78, 5) is 30.3. The summed E-state index contributed by atoms with van der Waals surface area (Å²) < 4.78 is 0. The number of nitrogens with zero attached hydrogens (tertiary/aromatic N) is 2. The molecule has 1 aliphatic rings. The molecule has 2 heterocycles. The van der Waals surface area contributed by atoms with E-state index in [1.54, 1.807) is 23.5 Å². The number of amides is 2. The van der Waals surface area contributed by atoms with E-state index in [1.165, 1.54) is 6.92 Å². The second-order valence-corrected chi connectivity index (χ2v) is 7.78. The molecule has 3 rings (SSSR count). The topological polar surface area (TPSA) is 62.3 Å². The third kappa shape index (κ3) is 4.62. The Morgan fingerprint density at radius 3 is 2.96 bits per heavy atom. The molecule has 138 valence electrons. The van der Waals surface area contributed by atoms with Crippen molar-refractivity contribution in [3.05, 3.63) is 50.9 Å². The summed E-state index contributed by atoms with van der Waals surface area (Å²) in [5, 5.41) is 6.40. The number of benzene rings is 1. The molecule has 0 bridgehead atoms. The molecule has 0 saturated carbocycles. The maximum Gasteiger partial charge on any atom is 0.255 e. The summed E-state index contributed by atoms with van der Waals surface area (Å²) in [6.45, 7) is 3.53. The number of hydrogen-bond donors (Lipinski definition) is 1. The zero-order valence-electron chi connectivity index (χ0n) is 14.7. The van der Waals surface area contributed by atoms with E-state index in [-0.39, 0.29) is 17.7 Å². The Balaban J connectivity index is 1.63. The van der Waals surface area contributed by atoms with Gasteiger partial charge in [-0.1, -0.05) is 23.7 Å². The molecule has 26 heavy (non-hydrogen) atoms. The molecule has 1 N–H and O–H groups in total. The predicted octanol–water partition coefficient (Wildman–Crippen LogP) is 3.49. The standard InChI is InChI=1S/C19H22ClN3O2S/c1-13(24)21-9-8-15-12-26-18(22-15)14-5-4-10-23(11-14)19(25)16-6-2-3-7-17(16)20/h2-3,6-7,12,14H,4-5,8-11H2,1H3,(H,21,24). The fourth-order valence-electron chi connectivity index (χ4n) is 3.16. The van der Waals surface area contributed by atoms with E-state index < -0.39 is 0 Å². The minimum Gasteiger partial charge on any atom is -0.356 e. The van der Waals surface area contributed by atoms with Gasteiger partial charge in [-0.05, 0) is 25.0 Å². The van der Waals surface area contributed by atoms with Crippen molar-refractivity contribution in [3.63, 3.8) is 0 Å². The fourth-order valence-corrected chi connectivity index (χ4v) is 4.36. The van der Waals surface area contributed by atoms with Crippen LogP contribution < -0.4 is 5.32 Å². The molecule has 1 aromatic carbocycles. The number of hydrogen-bond acceptors (Lipinski definition) is 4. The molecule has 1 saturated heterocycles. The van der Waals surface area contributed by atoms with Crippen LogP contribution in [0.15, 0.2) is 29.6 Å². The second kappa shape index (κ2) is 8.64. The lowest BCUT2D eigenvalue weighted by atomic mass is 9.98. The summed E-state index contributed by atoms with van der Waals surface area (Å²) in [6, 6.07) is 7.19. The Morgan fingerprint density at radius 2 is 2.19 bits per heavy atom. The Morgan fingerprint density at radius 1 is 1.38 bits per heavy atom. The van der Waals surface area contributed by atoms with Crippen LogP contribution in [0.5, 0.6) is 0 Å². The number of nitrogens with one attached hydrogen (secondary N) is 1. The number of likely N-dealkylation sites (tertiary alicyclic amines) is 1. The van der Waals surface area contributed by atoms with Gasteiger partial charge in [-0.3, -0.25) is 9.59 Å². The molecular weight excluding hydrogens is 370 g/mol. The van der Waals surface area contributed by atoms with Gasteiger partial charge in [0.25, 0.3) is 5.91 Å². The first-order chi connectivity index (χ1) is 12.5. The van der Waals surface area contributed by atoms with Crippen molar-refractivity contribution in [1.82, 2.24) is 15.2 Å². The summed E-state index contributed by atoms with van der Waals surface area (Å²) >= 11 is 7.82. The molecule has 0 radical (unpaired) electrons. The number of carbonyl (C=O) groups excluding carboxylic acids is 2. The number of rotatable bonds is 5. The third-order valence-corrected chi connectivity index (χ3v) is 5.87. The van der Waals surface area contributed by atoms with Crippen LogP contribution >= 0.6 is 22.9 Å². The molecule has 1 aliphatic heterocycles. The van der Waals surface area contributed by atoms with E-state index >= 15 is 0 Å². The van der Waals surface area contributed by atoms with Gasteiger partial charge in [0.1, 0.15) is 0 Å². The van der Waals surface area contributed by atoms with E-state index in [0.717, 1.165) is 36.5 Å². The van der Waals surface area contributed by atoms with Crippen molar-refractivity contribution in [2.45, 2.75) is 32.1 Å². The molecule has 0 aliphatic carbocycles. The smallest absolute Gasteiger partial charge is 0.255 e.